The summed E-state index contributed by atoms with van der Waals surface area (Å²) < 4.78 is 0. The molecule has 2 aromatic carbocycles. The summed E-state index contributed by atoms with van der Waals surface area (Å²) >= 11 is 0. The standard InChI is InChI=1S/C23H15N3O2.Al.Li.4H/c27-22(17-12-25-19-9-3-1-6-14(17)19)16-8-5-11-24-21(16)23(28)18-13-26-20-10-4-2-7-15(18)20;;;;;;/h1-13,25-26H;;;;;;. The van der Waals surface area contributed by atoms with E-state index in [-0.39, 0.29) is 53.5 Å². The Morgan fingerprint density at radius 2 is 1.20 bits per heavy atom. The molecule has 0 fully saturated rings. The average Bonchev–Trinajstić information content (AvgIpc) is 3.37. The predicted molar refractivity (Wildman–Crippen MR) is 125 cm³/mol. The number of fused-ring (bicyclic) bond motifs is 2. The van der Waals surface area contributed by atoms with E-state index < -0.39 is 0 Å². The molecule has 3 heterocycles. The van der Waals surface area contributed by atoms with Crippen LogP contribution in [0.5, 0.6) is 0 Å². The molecule has 0 aliphatic heterocycles. The van der Waals surface area contributed by atoms with Gasteiger partial charge in [-0.1, -0.05) is 36.4 Å². The summed E-state index contributed by atoms with van der Waals surface area (Å²) in [5, 5.41) is 1.63. The zero-order valence-corrected chi connectivity index (χ0v) is 14.8. The molecule has 3 aromatic heterocycles. The third-order valence-corrected chi connectivity index (χ3v) is 4.94. The van der Waals surface area contributed by atoms with Gasteiger partial charge in [0.25, 0.3) is 0 Å². The number of hydrogen-bond donors (Lipinski definition) is 2. The first kappa shape index (κ1) is 21.8. The zero-order valence-electron chi connectivity index (χ0n) is 14.8. The van der Waals surface area contributed by atoms with Crippen molar-refractivity contribution in [2.24, 2.45) is 0 Å². The molecule has 0 spiro atoms. The number of pyridine rings is 1. The minimum absolute atomic E-state index is 0. The number of hydrogen-bond acceptors (Lipinski definition) is 3. The molecule has 0 atom stereocenters. The zero-order chi connectivity index (χ0) is 19.1. The summed E-state index contributed by atoms with van der Waals surface area (Å²) in [5.41, 5.74) is 3.22. The molecule has 30 heavy (non-hydrogen) atoms. The van der Waals surface area contributed by atoms with Crippen LogP contribution in [-0.2, 0) is 0 Å². The molecule has 0 unspecified atom stereocenters. The van der Waals surface area contributed by atoms with Crippen molar-refractivity contribution in [2.75, 3.05) is 0 Å². The van der Waals surface area contributed by atoms with Gasteiger partial charge in [-0.2, -0.15) is 0 Å². The van der Waals surface area contributed by atoms with Crippen molar-refractivity contribution < 1.29 is 9.59 Å². The van der Waals surface area contributed by atoms with E-state index in [4.69, 9.17) is 0 Å². The number of H-pyrrole nitrogens is 2. The normalized spacial score (nSPS) is 10.4. The van der Waals surface area contributed by atoms with Crippen LogP contribution in [0, 0.1) is 0 Å². The van der Waals surface area contributed by atoms with Crippen molar-refractivity contribution in [3.05, 3.63) is 102 Å². The van der Waals surface area contributed by atoms with Gasteiger partial charge in [0.05, 0.1) is 5.56 Å². The number of carbonyl (C=O) groups is 2. The summed E-state index contributed by atoms with van der Waals surface area (Å²) in [7, 11) is 0. The molecule has 5 rings (SSSR count). The number of para-hydroxylation sites is 2. The molecule has 2 N–H and O–H groups in total. The fourth-order valence-electron chi connectivity index (χ4n) is 3.56. The van der Waals surface area contributed by atoms with E-state index in [9.17, 15) is 9.59 Å². The molecule has 0 radical (unpaired) electrons. The molecule has 5 aromatic rings. The Morgan fingerprint density at radius 1 is 0.667 bits per heavy atom. The quantitative estimate of drug-likeness (QED) is 0.358. The Kier molecular flexibility index (Phi) is 6.46. The first-order valence-electron chi connectivity index (χ1n) is 8.90. The third-order valence-electron chi connectivity index (χ3n) is 4.94. The molecular weight excluding hydrogens is 384 g/mol. The number of aromatic nitrogens is 3. The van der Waals surface area contributed by atoms with Gasteiger partial charge in [-0.15, -0.1) is 0 Å². The SMILES string of the molecule is O=C(c1cccnc1C(=O)c1c[nH]c2ccccc12)c1c[nH]c2ccccc12.[AlH3].[LiH]. The average molecular weight is 403 g/mol. The van der Waals surface area contributed by atoms with Gasteiger partial charge in [-0.05, 0) is 24.3 Å². The van der Waals surface area contributed by atoms with E-state index in [0.29, 0.717) is 16.7 Å². The molecule has 0 amide bonds. The Hall–Kier alpha value is -2.86. The number of nitrogens with zero attached hydrogens (tertiary/aromatic N) is 1. The molecular formula is C23H19AlLiN3O2. The van der Waals surface area contributed by atoms with Gasteiger partial charge in [0.2, 0.25) is 5.78 Å². The maximum atomic E-state index is 13.3. The van der Waals surface area contributed by atoms with Gasteiger partial charge in [0, 0.05) is 51.5 Å². The second kappa shape index (κ2) is 8.88. The van der Waals surface area contributed by atoms with Crippen molar-refractivity contribution in [1.29, 1.82) is 0 Å². The molecule has 0 aliphatic carbocycles. The fourth-order valence-corrected chi connectivity index (χ4v) is 3.56. The number of benzene rings is 2. The van der Waals surface area contributed by atoms with Crippen molar-refractivity contribution in [1.82, 2.24) is 15.0 Å². The summed E-state index contributed by atoms with van der Waals surface area (Å²) in [6.07, 6.45) is 4.88. The van der Waals surface area contributed by atoms with Crippen LogP contribution in [0.2, 0.25) is 0 Å². The van der Waals surface area contributed by atoms with Crippen LogP contribution in [0.4, 0.5) is 0 Å². The first-order chi connectivity index (χ1) is 13.7. The van der Waals surface area contributed by atoms with Crippen LogP contribution in [0.15, 0.2) is 79.3 Å². The summed E-state index contributed by atoms with van der Waals surface area (Å²) in [6.45, 7) is 0. The summed E-state index contributed by atoms with van der Waals surface area (Å²) in [5.74, 6) is -0.505. The number of carbonyl (C=O) groups excluding carboxylic acids is 2. The summed E-state index contributed by atoms with van der Waals surface area (Å²) in [6, 6.07) is 18.5. The Balaban J connectivity index is 0.00000128. The van der Waals surface area contributed by atoms with E-state index in [0.717, 1.165) is 21.8 Å². The van der Waals surface area contributed by atoms with Crippen LogP contribution in [0.25, 0.3) is 21.8 Å². The van der Waals surface area contributed by atoms with Gasteiger partial charge < -0.3 is 9.97 Å². The second-order valence-corrected chi connectivity index (χ2v) is 6.55. The molecule has 0 aliphatic rings. The topological polar surface area (TPSA) is 78.6 Å². The second-order valence-electron chi connectivity index (χ2n) is 6.55. The molecule has 7 heteroatoms. The van der Waals surface area contributed by atoms with Gasteiger partial charge in [-0.25, -0.2) is 0 Å². The van der Waals surface area contributed by atoms with Gasteiger partial charge >= 0.3 is 18.9 Å². The van der Waals surface area contributed by atoms with E-state index in [1.807, 2.05) is 48.5 Å². The van der Waals surface area contributed by atoms with E-state index in [1.165, 1.54) is 6.20 Å². The van der Waals surface area contributed by atoms with Crippen molar-refractivity contribution in [3.8, 4) is 0 Å². The molecule has 0 saturated carbocycles. The van der Waals surface area contributed by atoms with E-state index in [2.05, 4.69) is 15.0 Å². The van der Waals surface area contributed by atoms with Gasteiger partial charge in [0.1, 0.15) is 5.69 Å². The fraction of sp³-hybridized carbons (Fsp3) is 0. The third kappa shape index (κ3) is 3.56. The van der Waals surface area contributed by atoms with Gasteiger partial charge in [-0.3, -0.25) is 14.6 Å². The van der Waals surface area contributed by atoms with Crippen LogP contribution >= 0.6 is 0 Å². The Labute approximate surface area is 195 Å². The summed E-state index contributed by atoms with van der Waals surface area (Å²) in [4.78, 5) is 37.0. The number of ketones is 2. The number of rotatable bonds is 4. The van der Waals surface area contributed by atoms with Crippen LogP contribution < -0.4 is 0 Å². The monoisotopic (exact) mass is 403 g/mol. The van der Waals surface area contributed by atoms with E-state index >= 15 is 0 Å². The molecule has 0 saturated heterocycles. The molecule has 142 valence electrons. The Bertz CT molecular complexity index is 1270. The van der Waals surface area contributed by atoms with Crippen LogP contribution in [-0.4, -0.2) is 62.7 Å². The van der Waals surface area contributed by atoms with Gasteiger partial charge in [0.15, 0.2) is 23.1 Å². The molecule has 0 bridgehead atoms. The number of aromatic amines is 2. The predicted octanol–water partition coefficient (Wildman–Crippen LogP) is 2.67. The molecule has 5 nitrogen and oxygen atoms in total. The van der Waals surface area contributed by atoms with Crippen LogP contribution in [0.3, 0.4) is 0 Å². The number of nitrogens with one attached hydrogen (secondary N) is 2. The first-order valence-corrected chi connectivity index (χ1v) is 8.90. The van der Waals surface area contributed by atoms with E-state index in [1.54, 1.807) is 24.5 Å². The Morgan fingerprint density at radius 3 is 1.80 bits per heavy atom. The van der Waals surface area contributed by atoms with Crippen molar-refractivity contribution in [3.63, 3.8) is 0 Å². The van der Waals surface area contributed by atoms with Crippen LogP contribution in [0.1, 0.15) is 32.0 Å². The maximum absolute atomic E-state index is 13.3. The van der Waals surface area contributed by atoms with Crippen molar-refractivity contribution >= 4 is 69.6 Å². The van der Waals surface area contributed by atoms with Crippen molar-refractivity contribution in [2.45, 2.75) is 0 Å². The minimum atomic E-state index is -0.277.